The highest BCUT2D eigenvalue weighted by atomic mass is 32.2. The van der Waals surface area contributed by atoms with Gasteiger partial charge in [-0.2, -0.15) is 0 Å². The quantitative estimate of drug-likeness (QED) is 0.506. The van der Waals surface area contributed by atoms with Gasteiger partial charge >= 0.3 is 0 Å². The van der Waals surface area contributed by atoms with Crippen LogP contribution in [0, 0.1) is 6.92 Å². The second kappa shape index (κ2) is 6.07. The van der Waals surface area contributed by atoms with Crippen molar-refractivity contribution in [2.24, 2.45) is 10.9 Å². The maximum absolute atomic E-state index is 10.8. The first kappa shape index (κ1) is 14.8. The maximum Gasteiger partial charge on any atom is 0.209 e. The standard InChI is InChI=1S/C10H16N4O2S2/c1-7-3-5-14-10(8(7)9(11)17)13-4-2-6-18(12,15)16/h3,5H,2,4,6H2,1H3,(H2,11,17)(H,13,14)(H2,12,15,16). The first-order valence-electron chi connectivity index (χ1n) is 5.31. The molecule has 0 bridgehead atoms. The van der Waals surface area contributed by atoms with E-state index in [0.717, 1.165) is 5.56 Å². The highest BCUT2D eigenvalue weighted by molar-refractivity contribution is 7.89. The molecule has 0 unspecified atom stereocenters. The van der Waals surface area contributed by atoms with Crippen molar-refractivity contribution in [3.8, 4) is 0 Å². The minimum absolute atomic E-state index is 0.0752. The molecule has 0 aromatic carbocycles. The Morgan fingerprint density at radius 2 is 2.22 bits per heavy atom. The number of primary sulfonamides is 1. The highest BCUT2D eigenvalue weighted by Crippen LogP contribution is 2.16. The number of nitrogens with two attached hydrogens (primary N) is 2. The largest absolute Gasteiger partial charge is 0.389 e. The Balaban J connectivity index is 2.68. The normalized spacial score (nSPS) is 11.2. The van der Waals surface area contributed by atoms with Gasteiger partial charge in [0.1, 0.15) is 10.8 Å². The Kier molecular flexibility index (Phi) is 5.00. The van der Waals surface area contributed by atoms with E-state index in [9.17, 15) is 8.42 Å². The van der Waals surface area contributed by atoms with E-state index in [1.807, 2.05) is 13.0 Å². The van der Waals surface area contributed by atoms with Gasteiger partial charge in [0.15, 0.2) is 0 Å². The average Bonchev–Trinajstić information content (AvgIpc) is 2.22. The molecule has 1 aromatic heterocycles. The van der Waals surface area contributed by atoms with Gasteiger partial charge in [-0.15, -0.1) is 0 Å². The van der Waals surface area contributed by atoms with E-state index < -0.39 is 10.0 Å². The molecule has 0 fully saturated rings. The highest BCUT2D eigenvalue weighted by Gasteiger charge is 2.09. The first-order valence-corrected chi connectivity index (χ1v) is 7.43. The fraction of sp³-hybridized carbons (Fsp3) is 0.400. The second-order valence-electron chi connectivity index (χ2n) is 3.86. The van der Waals surface area contributed by atoms with Crippen LogP contribution in [0.15, 0.2) is 12.3 Å². The molecule has 18 heavy (non-hydrogen) atoms. The van der Waals surface area contributed by atoms with Crippen molar-refractivity contribution in [2.75, 3.05) is 17.6 Å². The molecule has 100 valence electrons. The van der Waals surface area contributed by atoms with Gasteiger partial charge in [0.2, 0.25) is 10.0 Å². The van der Waals surface area contributed by atoms with Crippen LogP contribution in [0.5, 0.6) is 0 Å². The van der Waals surface area contributed by atoms with E-state index >= 15 is 0 Å². The summed E-state index contributed by atoms with van der Waals surface area (Å²) in [6, 6.07) is 1.81. The molecular formula is C10H16N4O2S2. The molecule has 0 saturated heterocycles. The van der Waals surface area contributed by atoms with Gasteiger partial charge in [-0.1, -0.05) is 12.2 Å². The third-order valence-electron chi connectivity index (χ3n) is 2.30. The van der Waals surface area contributed by atoms with E-state index in [0.29, 0.717) is 24.3 Å². The Morgan fingerprint density at radius 1 is 1.56 bits per heavy atom. The molecule has 1 heterocycles. The number of aromatic nitrogens is 1. The lowest BCUT2D eigenvalue weighted by atomic mass is 10.1. The summed E-state index contributed by atoms with van der Waals surface area (Å²) >= 11 is 4.96. The van der Waals surface area contributed by atoms with E-state index in [1.165, 1.54) is 0 Å². The number of aryl methyl sites for hydroxylation is 1. The maximum atomic E-state index is 10.8. The smallest absolute Gasteiger partial charge is 0.209 e. The third kappa shape index (κ3) is 4.55. The molecule has 8 heteroatoms. The topological polar surface area (TPSA) is 111 Å². The molecule has 0 saturated carbocycles. The summed E-state index contributed by atoms with van der Waals surface area (Å²) in [4.78, 5) is 4.39. The van der Waals surface area contributed by atoms with Crippen LogP contribution >= 0.6 is 12.2 Å². The van der Waals surface area contributed by atoms with Crippen LogP contribution in [0.4, 0.5) is 5.82 Å². The molecule has 0 amide bonds. The van der Waals surface area contributed by atoms with E-state index in [4.69, 9.17) is 23.1 Å². The monoisotopic (exact) mass is 288 g/mol. The zero-order valence-corrected chi connectivity index (χ0v) is 11.6. The molecule has 0 aliphatic heterocycles. The van der Waals surface area contributed by atoms with Gasteiger partial charge in [-0.05, 0) is 25.0 Å². The molecule has 1 aromatic rings. The van der Waals surface area contributed by atoms with Crippen molar-refractivity contribution >= 4 is 33.0 Å². The van der Waals surface area contributed by atoms with Gasteiger partial charge in [0, 0.05) is 12.7 Å². The summed E-state index contributed by atoms with van der Waals surface area (Å²) in [7, 11) is -3.42. The zero-order chi connectivity index (χ0) is 13.8. The summed E-state index contributed by atoms with van der Waals surface area (Å²) in [6.07, 6.45) is 2.03. The first-order chi connectivity index (χ1) is 8.31. The van der Waals surface area contributed by atoms with Crippen molar-refractivity contribution in [3.05, 3.63) is 23.4 Å². The molecule has 0 radical (unpaired) electrons. The van der Waals surface area contributed by atoms with Crippen LogP contribution in [0.1, 0.15) is 17.5 Å². The summed E-state index contributed by atoms with van der Waals surface area (Å²) in [5, 5.41) is 7.91. The molecule has 5 N–H and O–H groups in total. The molecular weight excluding hydrogens is 272 g/mol. The van der Waals surface area contributed by atoms with Crippen LogP contribution in [0.2, 0.25) is 0 Å². The van der Waals surface area contributed by atoms with E-state index in [1.54, 1.807) is 6.20 Å². The summed E-state index contributed by atoms with van der Waals surface area (Å²) in [5.74, 6) is 0.491. The Labute approximate surface area is 112 Å². The number of pyridine rings is 1. The number of nitrogens with one attached hydrogen (secondary N) is 1. The zero-order valence-electron chi connectivity index (χ0n) is 10.0. The number of rotatable bonds is 6. The minimum atomic E-state index is -3.42. The minimum Gasteiger partial charge on any atom is -0.389 e. The van der Waals surface area contributed by atoms with Crippen LogP contribution < -0.4 is 16.2 Å². The van der Waals surface area contributed by atoms with Crippen molar-refractivity contribution in [1.82, 2.24) is 4.98 Å². The lowest BCUT2D eigenvalue weighted by molar-refractivity contribution is 0.595. The van der Waals surface area contributed by atoms with Gasteiger partial charge in [0.05, 0.1) is 11.3 Å². The SMILES string of the molecule is Cc1ccnc(NCCCS(N)(=O)=O)c1C(N)=S. The number of anilines is 1. The van der Waals surface area contributed by atoms with Crippen LogP contribution in [-0.2, 0) is 10.0 Å². The van der Waals surface area contributed by atoms with Gasteiger partial charge < -0.3 is 11.1 Å². The number of hydrogen-bond donors (Lipinski definition) is 3. The summed E-state index contributed by atoms with van der Waals surface area (Å²) in [6.45, 7) is 2.31. The lowest BCUT2D eigenvalue weighted by Crippen LogP contribution is -2.20. The van der Waals surface area contributed by atoms with Gasteiger partial charge in [-0.3, -0.25) is 0 Å². The summed E-state index contributed by atoms with van der Waals surface area (Å²) in [5.41, 5.74) is 7.23. The fourth-order valence-corrected chi connectivity index (χ4v) is 2.29. The molecule has 0 aliphatic carbocycles. The molecule has 0 spiro atoms. The van der Waals surface area contributed by atoms with Crippen molar-refractivity contribution < 1.29 is 8.42 Å². The Morgan fingerprint density at radius 3 is 2.78 bits per heavy atom. The Bertz CT molecular complexity index is 543. The fourth-order valence-electron chi connectivity index (χ4n) is 1.48. The summed E-state index contributed by atoms with van der Waals surface area (Å²) < 4.78 is 21.5. The Hall–Kier alpha value is -1.25. The lowest BCUT2D eigenvalue weighted by Gasteiger charge is -2.11. The molecule has 0 atom stereocenters. The van der Waals surface area contributed by atoms with Crippen LogP contribution in [0.3, 0.4) is 0 Å². The average molecular weight is 288 g/mol. The molecule has 1 rings (SSSR count). The van der Waals surface area contributed by atoms with Crippen LogP contribution in [0.25, 0.3) is 0 Å². The predicted octanol–water partition coefficient (Wildman–Crippen LogP) is 0.115. The number of hydrogen-bond acceptors (Lipinski definition) is 5. The van der Waals surface area contributed by atoms with Crippen molar-refractivity contribution in [1.29, 1.82) is 0 Å². The van der Waals surface area contributed by atoms with Crippen LogP contribution in [-0.4, -0.2) is 30.7 Å². The van der Waals surface area contributed by atoms with Crippen molar-refractivity contribution in [3.63, 3.8) is 0 Å². The van der Waals surface area contributed by atoms with E-state index in [-0.39, 0.29) is 10.7 Å². The molecule has 6 nitrogen and oxygen atoms in total. The van der Waals surface area contributed by atoms with Gasteiger partial charge in [-0.25, -0.2) is 18.5 Å². The molecule has 0 aliphatic rings. The third-order valence-corrected chi connectivity index (χ3v) is 3.37. The number of thiocarbonyl (C=S) groups is 1. The van der Waals surface area contributed by atoms with Gasteiger partial charge in [0.25, 0.3) is 0 Å². The van der Waals surface area contributed by atoms with Crippen molar-refractivity contribution in [2.45, 2.75) is 13.3 Å². The second-order valence-corrected chi connectivity index (χ2v) is 6.04. The predicted molar refractivity (Wildman–Crippen MR) is 75.9 cm³/mol. The number of nitrogens with zero attached hydrogens (tertiary/aromatic N) is 1. The van der Waals surface area contributed by atoms with E-state index in [2.05, 4.69) is 10.3 Å². The number of sulfonamides is 1.